The van der Waals surface area contributed by atoms with Crippen molar-refractivity contribution in [2.75, 3.05) is 5.75 Å². The highest BCUT2D eigenvalue weighted by molar-refractivity contribution is 8.00. The monoisotopic (exact) mass is 428 g/mol. The summed E-state index contributed by atoms with van der Waals surface area (Å²) in [5.41, 5.74) is 1.52. The fourth-order valence-electron chi connectivity index (χ4n) is 3.42. The number of fused-ring (bicyclic) bond motifs is 1. The van der Waals surface area contributed by atoms with Crippen molar-refractivity contribution >= 4 is 40.9 Å². The lowest BCUT2D eigenvalue weighted by Crippen LogP contribution is -2.74. The first-order valence-electron chi connectivity index (χ1n) is 9.18. The lowest BCUT2D eigenvalue weighted by atomic mass is 9.98. The third kappa shape index (κ3) is 4.09. The molecule has 3 atom stereocenters. The highest BCUT2D eigenvalue weighted by Crippen LogP contribution is 2.40. The molecule has 2 aliphatic heterocycles. The number of hydrogen-bond acceptors (Lipinski definition) is 6. The highest BCUT2D eigenvalue weighted by Gasteiger charge is 2.56. The zero-order valence-corrected chi connectivity index (χ0v) is 17.2. The summed E-state index contributed by atoms with van der Waals surface area (Å²) in [4.78, 5) is 40.1. The number of esters is 1. The number of carbonyl (C=O) groups is 3. The van der Waals surface area contributed by atoms with Crippen LogP contribution in [0.3, 0.4) is 0 Å². The molecule has 0 aliphatic carbocycles. The minimum absolute atomic E-state index is 0.143. The molecule has 1 aromatic heterocycles. The molecule has 29 heavy (non-hydrogen) atoms. The molecule has 1 aromatic carbocycles. The Morgan fingerprint density at radius 3 is 2.72 bits per heavy atom. The lowest BCUT2D eigenvalue weighted by Gasteiger charge is -2.52. The maximum Gasteiger partial charge on any atom is 0.333 e. The number of rotatable bonds is 6. The van der Waals surface area contributed by atoms with Crippen molar-refractivity contribution in [3.63, 3.8) is 0 Å². The van der Waals surface area contributed by atoms with E-state index in [1.54, 1.807) is 0 Å². The molecule has 4 rings (SSSR count). The molecule has 150 valence electrons. The van der Waals surface area contributed by atoms with E-state index < -0.39 is 18.1 Å². The first-order valence-corrected chi connectivity index (χ1v) is 11.1. The molecule has 0 saturated carbocycles. The summed E-state index contributed by atoms with van der Waals surface area (Å²) in [7, 11) is 0. The second-order valence-electron chi connectivity index (χ2n) is 6.90. The Balaban J connectivity index is 1.38. The van der Waals surface area contributed by atoms with E-state index in [-0.39, 0.29) is 30.2 Å². The van der Waals surface area contributed by atoms with Crippen LogP contribution in [0.15, 0.2) is 60.0 Å². The van der Waals surface area contributed by atoms with Crippen molar-refractivity contribution in [2.45, 2.75) is 30.5 Å². The van der Waals surface area contributed by atoms with Gasteiger partial charge in [0.15, 0.2) is 6.04 Å². The molecule has 2 aliphatic rings. The smallest absolute Gasteiger partial charge is 0.333 e. The highest BCUT2D eigenvalue weighted by atomic mass is 32.2. The predicted molar refractivity (Wildman–Crippen MR) is 112 cm³/mol. The summed E-state index contributed by atoms with van der Waals surface area (Å²) in [6.45, 7) is 4.10. The number of ether oxygens (including phenoxy) is 1. The van der Waals surface area contributed by atoms with Gasteiger partial charge in [0.2, 0.25) is 11.8 Å². The number of amides is 2. The number of thioether (sulfide) groups is 1. The van der Waals surface area contributed by atoms with E-state index in [9.17, 15) is 14.4 Å². The number of β-lactam (4-membered cyclic amide) rings is 1. The van der Waals surface area contributed by atoms with E-state index in [2.05, 4.69) is 11.9 Å². The molecular formula is C21H20N2O4S2. The van der Waals surface area contributed by atoms with Crippen molar-refractivity contribution in [3.8, 4) is 0 Å². The number of thiophene rings is 1. The van der Waals surface area contributed by atoms with Crippen LogP contribution in [0.4, 0.5) is 0 Å². The van der Waals surface area contributed by atoms with Gasteiger partial charge in [-0.25, -0.2) is 4.79 Å². The van der Waals surface area contributed by atoms with Crippen molar-refractivity contribution < 1.29 is 19.1 Å². The molecule has 2 unspecified atom stereocenters. The van der Waals surface area contributed by atoms with Crippen molar-refractivity contribution in [1.29, 1.82) is 0 Å². The van der Waals surface area contributed by atoms with Gasteiger partial charge in [0.25, 0.3) is 0 Å². The van der Waals surface area contributed by atoms with Crippen LogP contribution in [0.5, 0.6) is 0 Å². The molecule has 2 saturated heterocycles. The molecule has 0 spiro atoms. The van der Waals surface area contributed by atoms with Crippen molar-refractivity contribution in [1.82, 2.24) is 10.2 Å². The summed E-state index contributed by atoms with van der Waals surface area (Å²) in [5.74, 6) is -0.416. The van der Waals surface area contributed by atoms with Crippen LogP contribution in [0.1, 0.15) is 10.4 Å². The normalized spacial score (nSPS) is 23.2. The molecule has 0 radical (unpaired) electrons. The van der Waals surface area contributed by atoms with Gasteiger partial charge in [-0.2, -0.15) is 0 Å². The third-order valence-electron chi connectivity index (χ3n) is 4.86. The van der Waals surface area contributed by atoms with Crippen molar-refractivity contribution in [2.24, 2.45) is 0 Å². The topological polar surface area (TPSA) is 75.7 Å². The Kier molecular flexibility index (Phi) is 5.73. The molecule has 2 aromatic rings. The van der Waals surface area contributed by atoms with Gasteiger partial charge in [-0.15, -0.1) is 23.1 Å². The summed E-state index contributed by atoms with van der Waals surface area (Å²) in [6.07, 6.45) is 0.244. The van der Waals surface area contributed by atoms with E-state index in [0.29, 0.717) is 11.3 Å². The number of nitrogens with zero attached hydrogens (tertiary/aromatic N) is 1. The Bertz CT molecular complexity index is 929. The molecule has 6 nitrogen and oxygen atoms in total. The lowest BCUT2D eigenvalue weighted by molar-refractivity contribution is -0.164. The van der Waals surface area contributed by atoms with Gasteiger partial charge in [-0.05, 0) is 22.6 Å². The third-order valence-corrected chi connectivity index (χ3v) is 7.12. The second-order valence-corrected chi connectivity index (χ2v) is 9.04. The minimum atomic E-state index is -0.803. The fourth-order valence-corrected chi connectivity index (χ4v) is 5.43. The Hall–Kier alpha value is -2.58. The van der Waals surface area contributed by atoms with Crippen LogP contribution >= 0.6 is 23.1 Å². The van der Waals surface area contributed by atoms with E-state index >= 15 is 0 Å². The summed E-state index contributed by atoms with van der Waals surface area (Å²) in [6, 6.07) is 11.7. The Morgan fingerprint density at radius 2 is 2.00 bits per heavy atom. The van der Waals surface area contributed by atoms with Gasteiger partial charge < -0.3 is 15.0 Å². The van der Waals surface area contributed by atoms with Gasteiger partial charge in [0.1, 0.15) is 18.0 Å². The van der Waals surface area contributed by atoms with Crippen LogP contribution < -0.4 is 5.32 Å². The van der Waals surface area contributed by atoms with Crippen LogP contribution in [0.25, 0.3) is 0 Å². The molecule has 0 bridgehead atoms. The zero-order valence-electron chi connectivity index (χ0n) is 15.6. The number of nitrogens with one attached hydrogen (secondary N) is 1. The molecule has 3 heterocycles. The fraction of sp³-hybridized carbons (Fsp3) is 0.286. The summed E-state index contributed by atoms with van der Waals surface area (Å²) >= 11 is 3.01. The van der Waals surface area contributed by atoms with Crippen LogP contribution in [-0.4, -0.2) is 45.9 Å². The molecular weight excluding hydrogens is 408 g/mol. The van der Waals surface area contributed by atoms with Gasteiger partial charge in [-0.3, -0.25) is 9.59 Å². The van der Waals surface area contributed by atoms with Crippen LogP contribution in [-0.2, 0) is 32.1 Å². The first-order chi connectivity index (χ1) is 14.0. The first kappa shape index (κ1) is 19.7. The average Bonchev–Trinajstić information content (AvgIpc) is 3.23. The molecule has 2 fully saturated rings. The quantitative estimate of drug-likeness (QED) is 0.434. The Labute approximate surface area is 176 Å². The van der Waals surface area contributed by atoms with Gasteiger partial charge in [-0.1, -0.05) is 43.0 Å². The van der Waals surface area contributed by atoms with Gasteiger partial charge in [0.05, 0.1) is 6.42 Å². The summed E-state index contributed by atoms with van der Waals surface area (Å²) < 4.78 is 5.44. The second kappa shape index (κ2) is 8.42. The summed E-state index contributed by atoms with van der Waals surface area (Å²) in [5, 5.41) is 4.44. The van der Waals surface area contributed by atoms with Crippen molar-refractivity contribution in [3.05, 3.63) is 70.4 Å². The average molecular weight is 429 g/mol. The SMILES string of the molecule is C=C1CS[C@@H]2C(NC(=O)Cc3cccs3)C(=O)N2C1C(=O)OCc1ccccc1. The number of carbonyl (C=O) groups excluding carboxylic acids is 3. The minimum Gasteiger partial charge on any atom is -0.459 e. The van der Waals surface area contributed by atoms with E-state index in [1.165, 1.54) is 28.0 Å². The van der Waals surface area contributed by atoms with E-state index in [1.807, 2.05) is 47.8 Å². The van der Waals surface area contributed by atoms with E-state index in [4.69, 9.17) is 4.74 Å². The number of benzene rings is 1. The maximum atomic E-state index is 12.7. The zero-order chi connectivity index (χ0) is 20.4. The molecule has 8 heteroatoms. The maximum absolute atomic E-state index is 12.7. The van der Waals surface area contributed by atoms with Crippen LogP contribution in [0, 0.1) is 0 Å². The Morgan fingerprint density at radius 1 is 1.21 bits per heavy atom. The van der Waals surface area contributed by atoms with Gasteiger partial charge in [0, 0.05) is 10.6 Å². The predicted octanol–water partition coefficient (Wildman–Crippen LogP) is 2.36. The van der Waals surface area contributed by atoms with Crippen LogP contribution in [0.2, 0.25) is 0 Å². The molecule has 2 amide bonds. The number of hydrogen-bond donors (Lipinski definition) is 1. The van der Waals surface area contributed by atoms with E-state index in [0.717, 1.165) is 10.4 Å². The van der Waals surface area contributed by atoms with Gasteiger partial charge >= 0.3 is 5.97 Å². The molecule has 1 N–H and O–H groups in total. The largest absolute Gasteiger partial charge is 0.459 e. The standard InChI is InChI=1S/C21H20N2O4S2/c1-13-12-29-20-17(22-16(24)10-15-8-5-9-28-15)19(25)23(20)18(13)21(26)27-11-14-6-3-2-4-7-14/h2-9,17-18,20H,1,10-12H2,(H,22,24)/t17?,18?,20-/m1/s1.